The van der Waals surface area contributed by atoms with Crippen LogP contribution in [0.3, 0.4) is 0 Å². The summed E-state index contributed by atoms with van der Waals surface area (Å²) in [4.78, 5) is 0. The summed E-state index contributed by atoms with van der Waals surface area (Å²) in [5, 5.41) is 9.49. The quantitative estimate of drug-likeness (QED) is 0.688. The molecule has 1 heteroatoms. The molecule has 0 aromatic rings. The molecule has 1 nitrogen and oxygen atoms in total. The van der Waals surface area contributed by atoms with Crippen molar-refractivity contribution < 1.29 is 5.11 Å². The van der Waals surface area contributed by atoms with E-state index < -0.39 is 0 Å². The summed E-state index contributed by atoms with van der Waals surface area (Å²) < 4.78 is 0. The van der Waals surface area contributed by atoms with Crippen LogP contribution in [0.15, 0.2) is 12.7 Å². The van der Waals surface area contributed by atoms with Crippen molar-refractivity contribution in [1.29, 1.82) is 0 Å². The van der Waals surface area contributed by atoms with E-state index in [0.717, 1.165) is 30.6 Å². The molecule has 0 unspecified atom stereocenters. The molecule has 0 spiro atoms. The summed E-state index contributed by atoms with van der Waals surface area (Å²) in [7, 11) is 0. The van der Waals surface area contributed by atoms with Crippen molar-refractivity contribution in [2.45, 2.75) is 57.5 Å². The van der Waals surface area contributed by atoms with Gasteiger partial charge in [0.1, 0.15) is 0 Å². The molecule has 2 rings (SSSR count). The summed E-state index contributed by atoms with van der Waals surface area (Å²) >= 11 is 0. The molecule has 0 heterocycles. The van der Waals surface area contributed by atoms with Crippen molar-refractivity contribution in [3.63, 3.8) is 0 Å². The van der Waals surface area contributed by atoms with E-state index >= 15 is 0 Å². The minimum Gasteiger partial charge on any atom is -0.393 e. The predicted octanol–water partition coefficient (Wildman–Crippen LogP) is 3.53. The summed E-state index contributed by atoms with van der Waals surface area (Å²) in [5.74, 6) is 2.66. The second kappa shape index (κ2) is 5.16. The lowest BCUT2D eigenvalue weighted by atomic mass is 9.70. The normalized spacial score (nSPS) is 42.5. The SMILES string of the molecule is C=CC1CCC(C2CCC(O)CC2)CC1. The van der Waals surface area contributed by atoms with Crippen molar-refractivity contribution in [1.82, 2.24) is 0 Å². The standard InChI is InChI=1S/C14H24O/c1-2-11-3-5-12(6-4-11)13-7-9-14(15)10-8-13/h2,11-15H,1,3-10H2. The largest absolute Gasteiger partial charge is 0.393 e. The Labute approximate surface area is 93.6 Å². The molecule has 0 saturated heterocycles. The molecule has 2 aliphatic rings. The molecule has 0 amide bonds. The monoisotopic (exact) mass is 208 g/mol. The van der Waals surface area contributed by atoms with Gasteiger partial charge < -0.3 is 5.11 Å². The second-order valence-electron chi connectivity index (χ2n) is 5.48. The lowest BCUT2D eigenvalue weighted by molar-refractivity contribution is 0.0793. The Morgan fingerprint density at radius 2 is 1.27 bits per heavy atom. The number of allylic oxidation sites excluding steroid dienone is 1. The molecule has 0 aromatic carbocycles. The third kappa shape index (κ3) is 2.84. The highest BCUT2D eigenvalue weighted by Crippen LogP contribution is 2.40. The van der Waals surface area contributed by atoms with Crippen LogP contribution in [-0.2, 0) is 0 Å². The van der Waals surface area contributed by atoms with E-state index in [-0.39, 0.29) is 6.10 Å². The lowest BCUT2D eigenvalue weighted by Crippen LogP contribution is -2.26. The topological polar surface area (TPSA) is 20.2 Å². The first-order valence-corrected chi connectivity index (χ1v) is 6.60. The molecule has 2 fully saturated rings. The van der Waals surface area contributed by atoms with Crippen LogP contribution < -0.4 is 0 Å². The van der Waals surface area contributed by atoms with Crippen LogP contribution in [-0.4, -0.2) is 11.2 Å². The zero-order chi connectivity index (χ0) is 10.7. The van der Waals surface area contributed by atoms with Gasteiger partial charge in [-0.25, -0.2) is 0 Å². The van der Waals surface area contributed by atoms with Gasteiger partial charge in [-0.1, -0.05) is 6.08 Å². The average molecular weight is 208 g/mol. The molecule has 0 radical (unpaired) electrons. The van der Waals surface area contributed by atoms with E-state index in [4.69, 9.17) is 0 Å². The summed E-state index contributed by atoms with van der Waals surface area (Å²) in [6, 6.07) is 0. The van der Waals surface area contributed by atoms with Gasteiger partial charge in [-0.2, -0.15) is 0 Å². The Morgan fingerprint density at radius 1 is 0.800 bits per heavy atom. The smallest absolute Gasteiger partial charge is 0.0540 e. The number of hydrogen-bond acceptors (Lipinski definition) is 1. The van der Waals surface area contributed by atoms with Crippen LogP contribution in [0, 0.1) is 17.8 Å². The van der Waals surface area contributed by atoms with Gasteiger partial charge in [-0.3, -0.25) is 0 Å². The maximum atomic E-state index is 9.49. The van der Waals surface area contributed by atoms with Gasteiger partial charge in [-0.15, -0.1) is 6.58 Å². The molecule has 2 saturated carbocycles. The fraction of sp³-hybridized carbons (Fsp3) is 0.857. The van der Waals surface area contributed by atoms with Gasteiger partial charge in [-0.05, 0) is 69.1 Å². The first-order valence-electron chi connectivity index (χ1n) is 6.60. The molecule has 0 atom stereocenters. The van der Waals surface area contributed by atoms with Crippen molar-refractivity contribution in [3.05, 3.63) is 12.7 Å². The van der Waals surface area contributed by atoms with Gasteiger partial charge in [0.05, 0.1) is 6.10 Å². The highest BCUT2D eigenvalue weighted by Gasteiger charge is 2.29. The van der Waals surface area contributed by atoms with E-state index in [0.29, 0.717) is 0 Å². The summed E-state index contributed by atoms with van der Waals surface area (Å²) in [6.07, 6.45) is 12.3. The van der Waals surface area contributed by atoms with Crippen LogP contribution in [0.1, 0.15) is 51.4 Å². The van der Waals surface area contributed by atoms with E-state index in [1.807, 2.05) is 0 Å². The highest BCUT2D eigenvalue weighted by molar-refractivity contribution is 4.87. The van der Waals surface area contributed by atoms with Crippen LogP contribution >= 0.6 is 0 Å². The van der Waals surface area contributed by atoms with Gasteiger partial charge in [0, 0.05) is 0 Å². The fourth-order valence-electron chi connectivity index (χ4n) is 3.43. The van der Waals surface area contributed by atoms with Crippen LogP contribution in [0.5, 0.6) is 0 Å². The molecule has 0 bridgehead atoms. The first-order chi connectivity index (χ1) is 7.29. The third-order valence-electron chi connectivity index (χ3n) is 4.56. The molecular formula is C14H24O. The molecule has 0 aliphatic heterocycles. The Balaban J connectivity index is 1.78. The summed E-state index contributed by atoms with van der Waals surface area (Å²) in [6.45, 7) is 3.90. The lowest BCUT2D eigenvalue weighted by Gasteiger charge is -2.36. The maximum absolute atomic E-state index is 9.49. The third-order valence-corrected chi connectivity index (χ3v) is 4.56. The molecule has 0 aromatic heterocycles. The van der Waals surface area contributed by atoms with Gasteiger partial charge >= 0.3 is 0 Å². The van der Waals surface area contributed by atoms with Crippen LogP contribution in [0.2, 0.25) is 0 Å². The van der Waals surface area contributed by atoms with Crippen LogP contribution in [0.25, 0.3) is 0 Å². The number of rotatable bonds is 2. The molecule has 2 aliphatic carbocycles. The first kappa shape index (κ1) is 11.2. The van der Waals surface area contributed by atoms with Crippen molar-refractivity contribution >= 4 is 0 Å². The van der Waals surface area contributed by atoms with E-state index in [2.05, 4.69) is 12.7 Å². The molecule has 1 N–H and O–H groups in total. The Bertz CT molecular complexity index is 195. The van der Waals surface area contributed by atoms with E-state index in [1.165, 1.54) is 38.5 Å². The zero-order valence-corrected chi connectivity index (χ0v) is 9.70. The second-order valence-corrected chi connectivity index (χ2v) is 5.48. The Morgan fingerprint density at radius 3 is 1.73 bits per heavy atom. The minimum absolute atomic E-state index is 0.00534. The number of aliphatic hydroxyl groups is 1. The molecular weight excluding hydrogens is 184 g/mol. The van der Waals surface area contributed by atoms with Gasteiger partial charge in [0.2, 0.25) is 0 Å². The van der Waals surface area contributed by atoms with Crippen molar-refractivity contribution in [2.75, 3.05) is 0 Å². The van der Waals surface area contributed by atoms with Gasteiger partial charge in [0.15, 0.2) is 0 Å². The van der Waals surface area contributed by atoms with Crippen LogP contribution in [0.4, 0.5) is 0 Å². The minimum atomic E-state index is 0.00534. The summed E-state index contributed by atoms with van der Waals surface area (Å²) in [5.41, 5.74) is 0. The number of hydrogen-bond donors (Lipinski definition) is 1. The highest BCUT2D eigenvalue weighted by atomic mass is 16.3. The van der Waals surface area contributed by atoms with Crippen molar-refractivity contribution in [3.8, 4) is 0 Å². The van der Waals surface area contributed by atoms with Crippen molar-refractivity contribution in [2.24, 2.45) is 17.8 Å². The fourth-order valence-corrected chi connectivity index (χ4v) is 3.43. The maximum Gasteiger partial charge on any atom is 0.0540 e. The van der Waals surface area contributed by atoms with Gasteiger partial charge in [0.25, 0.3) is 0 Å². The Kier molecular flexibility index (Phi) is 3.85. The van der Waals surface area contributed by atoms with E-state index in [9.17, 15) is 5.11 Å². The van der Waals surface area contributed by atoms with E-state index in [1.54, 1.807) is 0 Å². The average Bonchev–Trinajstić information content (AvgIpc) is 2.30. The molecule has 86 valence electrons. The number of aliphatic hydroxyl groups excluding tert-OH is 1. The Hall–Kier alpha value is -0.300. The predicted molar refractivity (Wildman–Crippen MR) is 63.6 cm³/mol. The zero-order valence-electron chi connectivity index (χ0n) is 9.70. The molecule has 15 heavy (non-hydrogen) atoms.